The number of benzene rings is 2. The average molecular weight is 487 g/mol. The van der Waals surface area contributed by atoms with E-state index in [1.807, 2.05) is 36.4 Å². The predicted molar refractivity (Wildman–Crippen MR) is 130 cm³/mol. The number of aliphatic carboxylic acids is 2. The quantitative estimate of drug-likeness (QED) is 0.224. The highest BCUT2D eigenvalue weighted by Crippen LogP contribution is 2.18. The van der Waals surface area contributed by atoms with E-state index in [2.05, 4.69) is 4.90 Å². The molecule has 0 saturated carbocycles. The zero-order chi connectivity index (χ0) is 23.1. The fourth-order valence-corrected chi connectivity index (χ4v) is 3.63. The Bertz CT molecular complexity index is 783. The fourth-order valence-electron chi connectivity index (χ4n) is 2.60. The Morgan fingerprint density at radius 2 is 1.48 bits per heavy atom. The van der Waals surface area contributed by atoms with Crippen molar-refractivity contribution >= 4 is 58.3 Å². The predicted octanol–water partition coefficient (Wildman–Crippen LogP) is 4.82. The monoisotopic (exact) mass is 486 g/mol. The van der Waals surface area contributed by atoms with Crippen molar-refractivity contribution in [1.29, 1.82) is 0 Å². The molecule has 0 aliphatic rings. The first-order chi connectivity index (χ1) is 14.8. The number of alkyl halides is 2. The molecule has 0 saturated heterocycles. The van der Waals surface area contributed by atoms with Crippen molar-refractivity contribution in [1.82, 2.24) is 0 Å². The van der Waals surface area contributed by atoms with Crippen molar-refractivity contribution in [2.75, 3.05) is 41.2 Å². The van der Waals surface area contributed by atoms with E-state index in [1.165, 1.54) is 11.8 Å². The van der Waals surface area contributed by atoms with Gasteiger partial charge in [0.25, 0.3) is 0 Å². The Morgan fingerprint density at radius 3 is 1.97 bits per heavy atom. The van der Waals surface area contributed by atoms with Gasteiger partial charge in [0.2, 0.25) is 0 Å². The van der Waals surface area contributed by atoms with Crippen molar-refractivity contribution < 1.29 is 19.8 Å². The molecule has 0 aliphatic heterocycles. The fraction of sp³-hybridized carbons (Fsp3) is 0.364. The first-order valence-corrected chi connectivity index (χ1v) is 11.8. The maximum atomic E-state index is 10.4. The number of carboxylic acid groups (broad SMARTS) is 2. The molecule has 31 heavy (non-hydrogen) atoms. The van der Waals surface area contributed by atoms with E-state index < -0.39 is 11.9 Å². The summed E-state index contributed by atoms with van der Waals surface area (Å²) < 4.78 is 0. The Balaban J connectivity index is 0.000000343. The molecule has 2 rings (SSSR count). The van der Waals surface area contributed by atoms with E-state index in [0.29, 0.717) is 23.9 Å². The number of nitrogens with zero attached hydrogens (tertiary/aromatic N) is 1. The van der Waals surface area contributed by atoms with Gasteiger partial charge >= 0.3 is 11.9 Å². The van der Waals surface area contributed by atoms with E-state index in [4.69, 9.17) is 39.1 Å². The maximum Gasteiger partial charge on any atom is 0.313 e. The number of hydrogen-bond acceptors (Lipinski definition) is 5. The van der Waals surface area contributed by atoms with Crippen LogP contribution in [0.25, 0.3) is 0 Å². The van der Waals surface area contributed by atoms with Gasteiger partial charge in [-0.05, 0) is 54.8 Å². The van der Waals surface area contributed by atoms with Crippen molar-refractivity contribution in [3.63, 3.8) is 0 Å². The standard InChI is InChI=1S/C14H19Cl2NO2.C8H9NO2S/c15-8-10-17(11-9-16)13-6-4-12(5-7-13)2-1-3-14(18)19;9-6-1-3-7(4-2-6)12-5-8(10)11/h4-7H,1-3,8-11H2,(H,18,19);1-4H,5,9H2,(H,10,11). The summed E-state index contributed by atoms with van der Waals surface area (Å²) in [6.45, 7) is 1.54. The van der Waals surface area contributed by atoms with Crippen LogP contribution in [0.5, 0.6) is 0 Å². The number of thioether (sulfide) groups is 1. The normalized spacial score (nSPS) is 10.1. The molecule has 4 N–H and O–H groups in total. The van der Waals surface area contributed by atoms with Crippen LogP contribution in [0, 0.1) is 0 Å². The van der Waals surface area contributed by atoms with Crippen LogP contribution in [0.15, 0.2) is 53.4 Å². The molecule has 2 aromatic carbocycles. The molecule has 0 aliphatic carbocycles. The van der Waals surface area contributed by atoms with Crippen molar-refractivity contribution in [2.24, 2.45) is 0 Å². The second kappa shape index (κ2) is 15.7. The summed E-state index contributed by atoms with van der Waals surface area (Å²) in [6.07, 6.45) is 1.67. The Hall–Kier alpha value is -2.09. The van der Waals surface area contributed by atoms with E-state index >= 15 is 0 Å². The molecule has 0 bridgehead atoms. The molecule has 6 nitrogen and oxygen atoms in total. The third-order valence-electron chi connectivity index (χ3n) is 4.11. The number of rotatable bonds is 12. The zero-order valence-electron chi connectivity index (χ0n) is 17.2. The molecule has 0 unspecified atom stereocenters. The zero-order valence-corrected chi connectivity index (χ0v) is 19.5. The SMILES string of the molecule is Nc1ccc(SCC(=O)O)cc1.O=C(O)CCCc1ccc(N(CCCl)CCCl)cc1. The molecule has 2 aromatic rings. The number of carboxylic acids is 2. The molecule has 0 amide bonds. The number of nitrogens with two attached hydrogens (primary N) is 1. The minimum Gasteiger partial charge on any atom is -0.481 e. The average Bonchev–Trinajstić information content (AvgIpc) is 2.74. The molecule has 9 heteroatoms. The molecular weight excluding hydrogens is 459 g/mol. The molecule has 0 radical (unpaired) electrons. The van der Waals surface area contributed by atoms with Gasteiger partial charge in [-0.25, -0.2) is 0 Å². The van der Waals surface area contributed by atoms with Gasteiger partial charge in [0, 0.05) is 47.5 Å². The van der Waals surface area contributed by atoms with Gasteiger partial charge in [-0.2, -0.15) is 0 Å². The van der Waals surface area contributed by atoms with Crippen LogP contribution in [-0.4, -0.2) is 52.8 Å². The Labute approximate surface area is 197 Å². The molecule has 0 heterocycles. The second-order valence-electron chi connectivity index (χ2n) is 6.53. The van der Waals surface area contributed by atoms with Crippen molar-refractivity contribution in [3.8, 4) is 0 Å². The van der Waals surface area contributed by atoms with Crippen LogP contribution >= 0.6 is 35.0 Å². The minimum absolute atomic E-state index is 0.0872. The number of aryl methyl sites for hydroxylation is 1. The highest BCUT2D eigenvalue weighted by Gasteiger charge is 2.05. The van der Waals surface area contributed by atoms with Crippen LogP contribution in [0.4, 0.5) is 11.4 Å². The lowest BCUT2D eigenvalue weighted by Gasteiger charge is -2.23. The summed E-state index contributed by atoms with van der Waals surface area (Å²) >= 11 is 12.8. The molecule has 0 fully saturated rings. The number of anilines is 2. The highest BCUT2D eigenvalue weighted by atomic mass is 35.5. The lowest BCUT2D eigenvalue weighted by Crippen LogP contribution is -2.27. The van der Waals surface area contributed by atoms with Crippen LogP contribution in [-0.2, 0) is 16.0 Å². The van der Waals surface area contributed by atoms with Gasteiger partial charge in [-0.15, -0.1) is 35.0 Å². The first-order valence-electron chi connectivity index (χ1n) is 9.73. The van der Waals surface area contributed by atoms with Crippen LogP contribution in [0.2, 0.25) is 0 Å². The molecular formula is C22H28Cl2N2O4S. The number of halogens is 2. The summed E-state index contributed by atoms with van der Waals surface area (Å²) in [5, 5.41) is 17.0. The first kappa shape index (κ1) is 26.9. The van der Waals surface area contributed by atoms with E-state index in [1.54, 1.807) is 12.1 Å². The largest absolute Gasteiger partial charge is 0.481 e. The Kier molecular flexibility index (Phi) is 13.6. The van der Waals surface area contributed by atoms with Gasteiger partial charge in [-0.1, -0.05) is 12.1 Å². The highest BCUT2D eigenvalue weighted by molar-refractivity contribution is 8.00. The molecule has 0 aromatic heterocycles. The van der Waals surface area contributed by atoms with Crippen LogP contribution in [0.1, 0.15) is 18.4 Å². The maximum absolute atomic E-state index is 10.4. The van der Waals surface area contributed by atoms with Gasteiger partial charge in [0.15, 0.2) is 0 Å². The third kappa shape index (κ3) is 12.4. The van der Waals surface area contributed by atoms with Crippen LogP contribution < -0.4 is 10.6 Å². The summed E-state index contributed by atoms with van der Waals surface area (Å²) in [6, 6.07) is 15.3. The Morgan fingerprint density at radius 1 is 0.903 bits per heavy atom. The minimum atomic E-state index is -0.808. The number of nitrogen functional groups attached to an aromatic ring is 1. The van der Waals surface area contributed by atoms with E-state index in [-0.39, 0.29) is 12.2 Å². The number of hydrogen-bond donors (Lipinski definition) is 3. The van der Waals surface area contributed by atoms with Crippen molar-refractivity contribution in [2.45, 2.75) is 24.2 Å². The summed E-state index contributed by atoms with van der Waals surface area (Å²) in [5.74, 6) is -0.331. The van der Waals surface area contributed by atoms with Gasteiger partial charge in [0.05, 0.1) is 5.75 Å². The van der Waals surface area contributed by atoms with Crippen molar-refractivity contribution in [3.05, 3.63) is 54.1 Å². The second-order valence-corrected chi connectivity index (χ2v) is 8.33. The number of carbonyl (C=O) groups is 2. The summed E-state index contributed by atoms with van der Waals surface area (Å²) in [5.41, 5.74) is 8.40. The molecule has 170 valence electrons. The summed E-state index contributed by atoms with van der Waals surface area (Å²) in [4.78, 5) is 23.7. The molecule has 0 atom stereocenters. The topological polar surface area (TPSA) is 104 Å². The van der Waals surface area contributed by atoms with E-state index in [9.17, 15) is 9.59 Å². The smallest absolute Gasteiger partial charge is 0.313 e. The lowest BCUT2D eigenvalue weighted by molar-refractivity contribution is -0.137. The molecule has 0 spiro atoms. The van der Waals surface area contributed by atoms with Gasteiger partial charge in [-0.3, -0.25) is 9.59 Å². The van der Waals surface area contributed by atoms with Crippen LogP contribution in [0.3, 0.4) is 0 Å². The lowest BCUT2D eigenvalue weighted by atomic mass is 10.1. The third-order valence-corrected chi connectivity index (χ3v) is 5.44. The van der Waals surface area contributed by atoms with Gasteiger partial charge < -0.3 is 20.8 Å². The summed E-state index contributed by atoms with van der Waals surface area (Å²) in [7, 11) is 0. The van der Waals surface area contributed by atoms with Gasteiger partial charge in [0.1, 0.15) is 0 Å². The van der Waals surface area contributed by atoms with E-state index in [0.717, 1.165) is 35.7 Å².